The summed E-state index contributed by atoms with van der Waals surface area (Å²) < 4.78 is 10.5. The quantitative estimate of drug-likeness (QED) is 0.337. The maximum atomic E-state index is 11.9. The minimum absolute atomic E-state index is 0.174. The van der Waals surface area contributed by atoms with Gasteiger partial charge in [0.05, 0.1) is 19.5 Å². The second-order valence-electron chi connectivity index (χ2n) is 6.18. The summed E-state index contributed by atoms with van der Waals surface area (Å²) in [6, 6.07) is 1.78. The molecule has 1 fully saturated rings. The number of furan rings is 1. The highest BCUT2D eigenvalue weighted by molar-refractivity contribution is 5.92. The number of ether oxygens (including phenoxy) is 1. The highest BCUT2D eigenvalue weighted by Gasteiger charge is 2.11. The number of hydrogen-bond donors (Lipinski definition) is 3. The lowest BCUT2D eigenvalue weighted by atomic mass is 10.2. The summed E-state index contributed by atoms with van der Waals surface area (Å²) in [5, 5.41) is 9.45. The first-order valence-electron chi connectivity index (χ1n) is 9.35. The van der Waals surface area contributed by atoms with Crippen LogP contribution in [-0.4, -0.2) is 75.8 Å². The first kappa shape index (κ1) is 20.3. The highest BCUT2D eigenvalue weighted by Crippen LogP contribution is 2.07. The smallest absolute Gasteiger partial charge is 0.287 e. The minimum atomic E-state index is -0.174. The minimum Gasteiger partial charge on any atom is -0.459 e. The van der Waals surface area contributed by atoms with Crippen LogP contribution in [0.2, 0.25) is 0 Å². The standard InChI is InChI=1S/C18H31N5O3/c1-3-19-18(22-8-9-23-10-13-25-14-11-23)21-7-4-6-20-17(24)16-15(2)5-12-26-16/h5,12H,3-4,6-11,13-14H2,1-2H3,(H,20,24)(H2,19,21,22). The van der Waals surface area contributed by atoms with E-state index < -0.39 is 0 Å². The Hall–Kier alpha value is -2.06. The Labute approximate surface area is 155 Å². The summed E-state index contributed by atoms with van der Waals surface area (Å²) in [5.41, 5.74) is 0.847. The molecule has 2 heterocycles. The molecule has 8 nitrogen and oxygen atoms in total. The van der Waals surface area contributed by atoms with E-state index in [4.69, 9.17) is 9.15 Å². The van der Waals surface area contributed by atoms with Crippen molar-refractivity contribution in [3.8, 4) is 0 Å². The predicted octanol–water partition coefficient (Wildman–Crippen LogP) is 0.595. The van der Waals surface area contributed by atoms with Crippen LogP contribution in [0.1, 0.15) is 29.5 Å². The normalized spacial score (nSPS) is 15.7. The Morgan fingerprint density at radius 2 is 2.04 bits per heavy atom. The van der Waals surface area contributed by atoms with E-state index in [0.717, 1.165) is 63.9 Å². The molecule has 0 bridgehead atoms. The van der Waals surface area contributed by atoms with Crippen molar-refractivity contribution in [3.05, 3.63) is 23.7 Å². The monoisotopic (exact) mass is 365 g/mol. The lowest BCUT2D eigenvalue weighted by molar-refractivity contribution is 0.0389. The van der Waals surface area contributed by atoms with Crippen LogP contribution in [0.5, 0.6) is 0 Å². The molecule has 26 heavy (non-hydrogen) atoms. The number of nitrogens with one attached hydrogen (secondary N) is 3. The van der Waals surface area contributed by atoms with Crippen LogP contribution >= 0.6 is 0 Å². The highest BCUT2D eigenvalue weighted by atomic mass is 16.5. The molecule has 0 spiro atoms. The van der Waals surface area contributed by atoms with E-state index in [-0.39, 0.29) is 5.91 Å². The van der Waals surface area contributed by atoms with Gasteiger partial charge in [0.15, 0.2) is 11.7 Å². The SMILES string of the molecule is CCNC(=NCCCNC(=O)c1occc1C)NCCN1CCOCC1. The van der Waals surface area contributed by atoms with Crippen molar-refractivity contribution >= 4 is 11.9 Å². The van der Waals surface area contributed by atoms with Gasteiger partial charge in [-0.25, -0.2) is 0 Å². The average Bonchev–Trinajstić information content (AvgIpc) is 3.08. The van der Waals surface area contributed by atoms with Gasteiger partial charge >= 0.3 is 0 Å². The third-order valence-corrected chi connectivity index (χ3v) is 4.13. The van der Waals surface area contributed by atoms with Gasteiger partial charge in [0, 0.05) is 51.4 Å². The number of aryl methyl sites for hydroxylation is 1. The van der Waals surface area contributed by atoms with Crippen LogP contribution in [0.4, 0.5) is 0 Å². The van der Waals surface area contributed by atoms with Gasteiger partial charge in [-0.2, -0.15) is 0 Å². The van der Waals surface area contributed by atoms with Crippen molar-refractivity contribution < 1.29 is 13.9 Å². The maximum absolute atomic E-state index is 11.9. The van der Waals surface area contributed by atoms with Crippen molar-refractivity contribution in [1.29, 1.82) is 0 Å². The maximum Gasteiger partial charge on any atom is 0.287 e. The van der Waals surface area contributed by atoms with E-state index in [1.807, 2.05) is 13.8 Å². The zero-order valence-electron chi connectivity index (χ0n) is 15.8. The molecule has 0 aliphatic carbocycles. The molecule has 146 valence electrons. The van der Waals surface area contributed by atoms with Gasteiger partial charge in [-0.1, -0.05) is 0 Å². The third-order valence-electron chi connectivity index (χ3n) is 4.13. The molecular formula is C18H31N5O3. The summed E-state index contributed by atoms with van der Waals surface area (Å²) in [6.07, 6.45) is 2.30. The van der Waals surface area contributed by atoms with Crippen molar-refractivity contribution in [1.82, 2.24) is 20.9 Å². The van der Waals surface area contributed by atoms with E-state index in [2.05, 4.69) is 25.8 Å². The molecule has 8 heteroatoms. The van der Waals surface area contributed by atoms with Gasteiger partial charge in [-0.05, 0) is 26.3 Å². The summed E-state index contributed by atoms with van der Waals surface area (Å²) in [4.78, 5) is 18.9. The molecule has 0 unspecified atom stereocenters. The van der Waals surface area contributed by atoms with E-state index in [1.165, 1.54) is 6.26 Å². The lowest BCUT2D eigenvalue weighted by Crippen LogP contribution is -2.44. The predicted molar refractivity (Wildman–Crippen MR) is 102 cm³/mol. The number of carbonyl (C=O) groups excluding carboxylic acids is 1. The van der Waals surface area contributed by atoms with Crippen LogP contribution < -0.4 is 16.0 Å². The van der Waals surface area contributed by atoms with Crippen LogP contribution in [0, 0.1) is 6.92 Å². The molecule has 1 aromatic heterocycles. The fourth-order valence-electron chi connectivity index (χ4n) is 2.66. The molecule has 1 aliphatic heterocycles. The first-order chi connectivity index (χ1) is 12.7. The second-order valence-corrected chi connectivity index (χ2v) is 6.18. The Kier molecular flexibility index (Phi) is 8.99. The Balaban J connectivity index is 1.62. The van der Waals surface area contributed by atoms with E-state index in [1.54, 1.807) is 6.07 Å². The fraction of sp³-hybridized carbons (Fsp3) is 0.667. The van der Waals surface area contributed by atoms with Crippen LogP contribution in [-0.2, 0) is 4.74 Å². The lowest BCUT2D eigenvalue weighted by Gasteiger charge is -2.26. The number of hydrogen-bond acceptors (Lipinski definition) is 5. The second kappa shape index (κ2) is 11.5. The van der Waals surface area contributed by atoms with Crippen LogP contribution in [0.15, 0.2) is 21.7 Å². The fourth-order valence-corrected chi connectivity index (χ4v) is 2.66. The van der Waals surface area contributed by atoms with Gasteiger partial charge in [0.25, 0.3) is 5.91 Å². The molecule has 0 atom stereocenters. The topological polar surface area (TPSA) is 91.1 Å². The number of guanidine groups is 1. The van der Waals surface area contributed by atoms with Gasteiger partial charge in [0.1, 0.15) is 0 Å². The molecule has 0 aromatic carbocycles. The van der Waals surface area contributed by atoms with Crippen molar-refractivity contribution in [2.75, 3.05) is 59.0 Å². The van der Waals surface area contributed by atoms with E-state index in [0.29, 0.717) is 18.8 Å². The van der Waals surface area contributed by atoms with Crippen molar-refractivity contribution in [2.45, 2.75) is 20.3 Å². The zero-order chi connectivity index (χ0) is 18.6. The van der Waals surface area contributed by atoms with Crippen LogP contribution in [0.25, 0.3) is 0 Å². The zero-order valence-corrected chi connectivity index (χ0v) is 15.8. The molecule has 2 rings (SSSR count). The van der Waals surface area contributed by atoms with Gasteiger partial charge in [-0.3, -0.25) is 14.7 Å². The Morgan fingerprint density at radius 3 is 2.73 bits per heavy atom. The molecule has 1 aliphatic rings. The molecule has 1 saturated heterocycles. The molecule has 1 amide bonds. The summed E-state index contributed by atoms with van der Waals surface area (Å²) in [7, 11) is 0. The van der Waals surface area contributed by atoms with Gasteiger partial charge in [0.2, 0.25) is 0 Å². The largest absolute Gasteiger partial charge is 0.459 e. The third kappa shape index (κ3) is 7.05. The number of morpholine rings is 1. The Bertz CT molecular complexity index is 567. The summed E-state index contributed by atoms with van der Waals surface area (Å²) >= 11 is 0. The number of carbonyl (C=O) groups is 1. The molecule has 1 aromatic rings. The molecule has 3 N–H and O–H groups in total. The first-order valence-corrected chi connectivity index (χ1v) is 9.35. The Morgan fingerprint density at radius 1 is 1.23 bits per heavy atom. The molecule has 0 radical (unpaired) electrons. The van der Waals surface area contributed by atoms with Gasteiger partial charge in [-0.15, -0.1) is 0 Å². The van der Waals surface area contributed by atoms with Crippen molar-refractivity contribution in [3.63, 3.8) is 0 Å². The van der Waals surface area contributed by atoms with E-state index in [9.17, 15) is 4.79 Å². The summed E-state index contributed by atoms with van der Waals surface area (Å²) in [6.45, 7) is 11.4. The number of rotatable bonds is 9. The number of aliphatic imine (C=N–C) groups is 1. The number of amides is 1. The van der Waals surface area contributed by atoms with Crippen molar-refractivity contribution in [2.24, 2.45) is 4.99 Å². The number of nitrogens with zero attached hydrogens (tertiary/aromatic N) is 2. The van der Waals surface area contributed by atoms with Gasteiger partial charge < -0.3 is 25.1 Å². The molecule has 0 saturated carbocycles. The summed E-state index contributed by atoms with van der Waals surface area (Å²) in [5.74, 6) is 1.02. The average molecular weight is 365 g/mol. The molecular weight excluding hydrogens is 334 g/mol. The van der Waals surface area contributed by atoms with Crippen LogP contribution in [0.3, 0.4) is 0 Å². The van der Waals surface area contributed by atoms with E-state index >= 15 is 0 Å².